The Morgan fingerprint density at radius 1 is 1.19 bits per heavy atom. The van der Waals surface area contributed by atoms with Crippen molar-refractivity contribution in [1.29, 1.82) is 0 Å². The van der Waals surface area contributed by atoms with Gasteiger partial charge in [-0.2, -0.15) is 0 Å². The highest BCUT2D eigenvalue weighted by atomic mass is 16.5. The molecule has 0 aromatic heterocycles. The van der Waals surface area contributed by atoms with Crippen LogP contribution in [0.3, 0.4) is 0 Å². The summed E-state index contributed by atoms with van der Waals surface area (Å²) < 4.78 is 10.7. The molecule has 4 unspecified atom stereocenters. The van der Waals surface area contributed by atoms with Crippen molar-refractivity contribution in [2.24, 2.45) is 23.6 Å². The summed E-state index contributed by atoms with van der Waals surface area (Å²) in [5.41, 5.74) is 4.18. The van der Waals surface area contributed by atoms with Gasteiger partial charge in [0.15, 0.2) is 11.5 Å². The molecule has 2 saturated carbocycles. The van der Waals surface area contributed by atoms with E-state index in [4.69, 9.17) is 15.3 Å². The minimum absolute atomic E-state index is 0.189. The molecule has 0 spiro atoms. The van der Waals surface area contributed by atoms with Gasteiger partial charge in [0.2, 0.25) is 0 Å². The minimum atomic E-state index is 0.189. The Hall–Kier alpha value is -1.26. The Labute approximate surface area is 127 Å². The van der Waals surface area contributed by atoms with Gasteiger partial charge in [-0.15, -0.1) is 0 Å². The molecule has 4 nitrogen and oxygen atoms in total. The molecule has 0 amide bonds. The van der Waals surface area contributed by atoms with Crippen LogP contribution >= 0.6 is 0 Å². The average molecular weight is 290 g/mol. The Bertz CT molecular complexity index is 492. The minimum Gasteiger partial charge on any atom is -0.493 e. The van der Waals surface area contributed by atoms with Gasteiger partial charge in [0.25, 0.3) is 0 Å². The first kappa shape index (κ1) is 14.7. The Kier molecular flexibility index (Phi) is 4.36. The maximum Gasteiger partial charge on any atom is 0.161 e. The highest BCUT2D eigenvalue weighted by Gasteiger charge is 2.40. The molecule has 4 atom stereocenters. The van der Waals surface area contributed by atoms with Gasteiger partial charge in [0, 0.05) is 6.04 Å². The van der Waals surface area contributed by atoms with Gasteiger partial charge in [0.05, 0.1) is 14.2 Å². The predicted octanol–water partition coefficient (Wildman–Crippen LogP) is 3.03. The van der Waals surface area contributed by atoms with E-state index in [0.29, 0.717) is 0 Å². The molecule has 116 valence electrons. The molecule has 4 heteroatoms. The summed E-state index contributed by atoms with van der Waals surface area (Å²) >= 11 is 0. The molecule has 3 N–H and O–H groups in total. The van der Waals surface area contributed by atoms with Crippen LogP contribution in [0, 0.1) is 17.8 Å². The van der Waals surface area contributed by atoms with Crippen LogP contribution in [0.4, 0.5) is 0 Å². The number of hydrogen-bond donors (Lipinski definition) is 2. The molecule has 3 rings (SSSR count). The number of nitrogens with two attached hydrogens (primary N) is 1. The summed E-state index contributed by atoms with van der Waals surface area (Å²) in [5, 5.41) is 0. The van der Waals surface area contributed by atoms with Crippen molar-refractivity contribution in [3.63, 3.8) is 0 Å². The number of benzene rings is 1. The fourth-order valence-electron chi connectivity index (χ4n) is 4.34. The van der Waals surface area contributed by atoms with Crippen molar-refractivity contribution >= 4 is 0 Å². The van der Waals surface area contributed by atoms with Gasteiger partial charge in [-0.1, -0.05) is 12.5 Å². The molecule has 0 heterocycles. The van der Waals surface area contributed by atoms with Crippen LogP contribution in [0.5, 0.6) is 11.5 Å². The number of methoxy groups -OCH3 is 2. The van der Waals surface area contributed by atoms with Gasteiger partial charge in [-0.05, 0) is 61.1 Å². The molecular weight excluding hydrogens is 264 g/mol. The summed E-state index contributed by atoms with van der Waals surface area (Å²) in [7, 11) is 3.33. The van der Waals surface area contributed by atoms with E-state index in [2.05, 4.69) is 11.5 Å². The van der Waals surface area contributed by atoms with Crippen LogP contribution < -0.4 is 20.7 Å². The molecule has 2 bridgehead atoms. The first-order valence-electron chi connectivity index (χ1n) is 7.93. The van der Waals surface area contributed by atoms with E-state index < -0.39 is 0 Å². The van der Waals surface area contributed by atoms with Crippen LogP contribution in [-0.4, -0.2) is 14.2 Å². The van der Waals surface area contributed by atoms with Crippen LogP contribution in [0.2, 0.25) is 0 Å². The number of hydrazine groups is 1. The van der Waals surface area contributed by atoms with Crippen molar-refractivity contribution in [2.45, 2.75) is 38.1 Å². The summed E-state index contributed by atoms with van der Waals surface area (Å²) in [4.78, 5) is 0. The molecule has 1 aromatic carbocycles. The topological polar surface area (TPSA) is 56.5 Å². The lowest BCUT2D eigenvalue weighted by Crippen LogP contribution is -2.30. The number of rotatable bonds is 6. The molecule has 2 fully saturated rings. The number of ether oxygens (including phenoxy) is 2. The van der Waals surface area contributed by atoms with Crippen molar-refractivity contribution < 1.29 is 9.47 Å². The van der Waals surface area contributed by atoms with Crippen molar-refractivity contribution in [1.82, 2.24) is 5.43 Å². The fourth-order valence-corrected chi connectivity index (χ4v) is 4.34. The number of fused-ring (bicyclic) bond motifs is 2. The quantitative estimate of drug-likeness (QED) is 0.624. The van der Waals surface area contributed by atoms with E-state index in [9.17, 15) is 0 Å². The first-order chi connectivity index (χ1) is 10.2. The predicted molar refractivity (Wildman–Crippen MR) is 83.2 cm³/mol. The maximum atomic E-state index is 5.82. The third kappa shape index (κ3) is 2.87. The van der Waals surface area contributed by atoms with Crippen LogP contribution in [0.15, 0.2) is 18.2 Å². The molecule has 2 aliphatic carbocycles. The lowest BCUT2D eigenvalue weighted by atomic mass is 9.83. The lowest BCUT2D eigenvalue weighted by molar-refractivity contribution is 0.279. The Morgan fingerprint density at radius 3 is 2.57 bits per heavy atom. The fraction of sp³-hybridized carbons (Fsp3) is 0.647. The highest BCUT2D eigenvalue weighted by molar-refractivity contribution is 5.43. The van der Waals surface area contributed by atoms with E-state index in [1.807, 2.05) is 12.1 Å². The van der Waals surface area contributed by atoms with E-state index in [0.717, 1.165) is 35.7 Å². The normalized spacial score (nSPS) is 28.6. The maximum absolute atomic E-state index is 5.82. The van der Waals surface area contributed by atoms with Gasteiger partial charge in [0.1, 0.15) is 0 Å². The SMILES string of the molecule is COc1ccc(C(CC2CC3CCC2C3)NN)cc1OC. The largest absolute Gasteiger partial charge is 0.493 e. The molecule has 21 heavy (non-hydrogen) atoms. The van der Waals surface area contributed by atoms with Crippen LogP contribution in [-0.2, 0) is 0 Å². The summed E-state index contributed by atoms with van der Waals surface area (Å²) in [5.74, 6) is 10.1. The monoisotopic (exact) mass is 290 g/mol. The Morgan fingerprint density at radius 2 is 2.00 bits per heavy atom. The van der Waals surface area contributed by atoms with Gasteiger partial charge < -0.3 is 9.47 Å². The first-order valence-corrected chi connectivity index (χ1v) is 7.93. The van der Waals surface area contributed by atoms with E-state index in [1.54, 1.807) is 14.2 Å². The van der Waals surface area contributed by atoms with Gasteiger partial charge >= 0.3 is 0 Å². The van der Waals surface area contributed by atoms with Crippen molar-refractivity contribution in [2.75, 3.05) is 14.2 Å². The smallest absolute Gasteiger partial charge is 0.161 e. The molecule has 2 aliphatic rings. The summed E-state index contributed by atoms with van der Waals surface area (Å²) in [6.07, 6.45) is 6.80. The summed E-state index contributed by atoms with van der Waals surface area (Å²) in [6.45, 7) is 0. The van der Waals surface area contributed by atoms with E-state index in [-0.39, 0.29) is 6.04 Å². The second kappa shape index (κ2) is 6.24. The number of hydrogen-bond acceptors (Lipinski definition) is 4. The molecule has 0 radical (unpaired) electrons. The van der Waals surface area contributed by atoms with Crippen LogP contribution in [0.25, 0.3) is 0 Å². The molecule has 1 aromatic rings. The highest BCUT2D eigenvalue weighted by Crippen LogP contribution is 2.51. The zero-order valence-electron chi connectivity index (χ0n) is 13.0. The molecule has 0 aliphatic heterocycles. The van der Waals surface area contributed by atoms with Crippen molar-refractivity contribution in [3.8, 4) is 11.5 Å². The summed E-state index contributed by atoms with van der Waals surface area (Å²) in [6, 6.07) is 6.27. The van der Waals surface area contributed by atoms with Crippen molar-refractivity contribution in [3.05, 3.63) is 23.8 Å². The standard InChI is InChI=1S/C17H26N2O2/c1-20-16-6-5-13(10-17(16)21-2)15(19-18)9-14-8-11-3-4-12(14)7-11/h5-6,10-12,14-15,19H,3-4,7-9,18H2,1-2H3. The zero-order valence-corrected chi connectivity index (χ0v) is 13.0. The third-order valence-corrected chi connectivity index (χ3v) is 5.43. The second-order valence-corrected chi connectivity index (χ2v) is 6.50. The van der Waals surface area contributed by atoms with Crippen LogP contribution in [0.1, 0.15) is 43.7 Å². The third-order valence-electron chi connectivity index (χ3n) is 5.43. The molecule has 0 saturated heterocycles. The van der Waals surface area contributed by atoms with E-state index in [1.165, 1.54) is 31.2 Å². The lowest BCUT2D eigenvalue weighted by Gasteiger charge is -2.27. The van der Waals surface area contributed by atoms with Gasteiger partial charge in [-0.3, -0.25) is 11.3 Å². The zero-order chi connectivity index (χ0) is 14.8. The number of nitrogens with one attached hydrogen (secondary N) is 1. The molecular formula is C17H26N2O2. The second-order valence-electron chi connectivity index (χ2n) is 6.50. The van der Waals surface area contributed by atoms with E-state index >= 15 is 0 Å². The average Bonchev–Trinajstić information content (AvgIpc) is 3.14. The van der Waals surface area contributed by atoms with Gasteiger partial charge in [-0.25, -0.2) is 0 Å². The Balaban J connectivity index is 1.73.